The number of carbonyl (C=O) groups is 2. The van der Waals surface area contributed by atoms with Gasteiger partial charge in [0, 0.05) is 31.7 Å². The second-order valence-corrected chi connectivity index (χ2v) is 6.28. The number of nitrogens with zero attached hydrogens (tertiary/aromatic N) is 2. The molecule has 0 saturated heterocycles. The number of aromatic nitrogens is 1. The number of hydrogen-bond acceptors (Lipinski definition) is 5. The first-order chi connectivity index (χ1) is 14.0. The molecule has 1 aromatic heterocycles. The molecule has 8 heteroatoms. The summed E-state index contributed by atoms with van der Waals surface area (Å²) in [6.07, 6.45) is 3.22. The van der Waals surface area contributed by atoms with E-state index < -0.39 is 0 Å². The Morgan fingerprint density at radius 2 is 1.69 bits per heavy atom. The summed E-state index contributed by atoms with van der Waals surface area (Å²) in [7, 11) is 3.42. The minimum atomic E-state index is -0.381. The van der Waals surface area contributed by atoms with Crippen LogP contribution < -0.4 is 20.8 Å². The Morgan fingerprint density at radius 3 is 2.41 bits per heavy atom. The van der Waals surface area contributed by atoms with Gasteiger partial charge in [0.2, 0.25) is 0 Å². The average Bonchev–Trinajstić information content (AvgIpc) is 2.68. The van der Waals surface area contributed by atoms with Gasteiger partial charge in [-0.1, -0.05) is 18.2 Å². The summed E-state index contributed by atoms with van der Waals surface area (Å²) in [5.41, 5.74) is 4.04. The van der Waals surface area contributed by atoms with Crippen LogP contribution in [0.4, 0.5) is 16.2 Å². The summed E-state index contributed by atoms with van der Waals surface area (Å²) in [6, 6.07) is 16.9. The maximum absolute atomic E-state index is 12.8. The van der Waals surface area contributed by atoms with Crippen LogP contribution >= 0.6 is 0 Å². The first kappa shape index (κ1) is 19.8. The SMILES string of the molecule is CN(C)NC(=O)Nc1cccc(NC(=O)c2ccccc2Oc2cccnc2)c1. The van der Waals surface area contributed by atoms with Crippen molar-refractivity contribution in [2.75, 3.05) is 24.7 Å². The van der Waals surface area contributed by atoms with E-state index >= 15 is 0 Å². The Hall–Kier alpha value is -3.91. The van der Waals surface area contributed by atoms with Crippen molar-refractivity contribution in [2.45, 2.75) is 0 Å². The summed E-state index contributed by atoms with van der Waals surface area (Å²) in [6.45, 7) is 0. The number of urea groups is 1. The number of anilines is 2. The molecular formula is C21H21N5O3. The summed E-state index contributed by atoms with van der Waals surface area (Å²) >= 11 is 0. The van der Waals surface area contributed by atoms with Crippen molar-refractivity contribution in [2.24, 2.45) is 0 Å². The zero-order chi connectivity index (χ0) is 20.6. The van der Waals surface area contributed by atoms with E-state index in [9.17, 15) is 9.59 Å². The standard InChI is InChI=1S/C21H21N5O3/c1-26(2)25-21(28)24-16-8-5-7-15(13-16)23-20(27)18-10-3-4-11-19(18)29-17-9-6-12-22-14-17/h3-14H,1-2H3,(H,23,27)(H2,24,25,28). The Labute approximate surface area is 168 Å². The molecule has 3 amide bonds. The lowest BCUT2D eigenvalue weighted by Crippen LogP contribution is -2.39. The largest absolute Gasteiger partial charge is 0.455 e. The molecule has 0 aliphatic carbocycles. The smallest absolute Gasteiger partial charge is 0.333 e. The predicted molar refractivity (Wildman–Crippen MR) is 111 cm³/mol. The van der Waals surface area contributed by atoms with Crippen LogP contribution in [0.15, 0.2) is 73.1 Å². The molecule has 148 valence electrons. The van der Waals surface area contributed by atoms with Crippen molar-refractivity contribution < 1.29 is 14.3 Å². The lowest BCUT2D eigenvalue weighted by molar-refractivity contribution is 0.102. The van der Waals surface area contributed by atoms with Crippen molar-refractivity contribution in [3.05, 3.63) is 78.6 Å². The van der Waals surface area contributed by atoms with Crippen molar-refractivity contribution in [3.8, 4) is 11.5 Å². The van der Waals surface area contributed by atoms with Gasteiger partial charge in [-0.15, -0.1) is 0 Å². The van der Waals surface area contributed by atoms with E-state index in [0.717, 1.165) is 0 Å². The van der Waals surface area contributed by atoms with E-state index in [1.54, 1.807) is 87.2 Å². The summed E-state index contributed by atoms with van der Waals surface area (Å²) in [5, 5.41) is 7.05. The third-order valence-corrected chi connectivity index (χ3v) is 3.70. The maximum atomic E-state index is 12.8. The third-order valence-electron chi connectivity index (χ3n) is 3.70. The van der Waals surface area contributed by atoms with Crippen molar-refractivity contribution in [1.82, 2.24) is 15.4 Å². The normalized spacial score (nSPS) is 10.3. The number of rotatable bonds is 6. The van der Waals surface area contributed by atoms with Gasteiger partial charge >= 0.3 is 6.03 Å². The average molecular weight is 391 g/mol. The molecule has 0 unspecified atom stereocenters. The molecule has 3 aromatic rings. The van der Waals surface area contributed by atoms with Crippen LogP contribution in [0.3, 0.4) is 0 Å². The molecule has 0 bridgehead atoms. The molecule has 8 nitrogen and oxygen atoms in total. The molecule has 0 fully saturated rings. The predicted octanol–water partition coefficient (Wildman–Crippen LogP) is 3.72. The number of hydrogen-bond donors (Lipinski definition) is 3. The lowest BCUT2D eigenvalue weighted by Gasteiger charge is -2.14. The van der Waals surface area contributed by atoms with Gasteiger partial charge in [0.15, 0.2) is 0 Å². The first-order valence-electron chi connectivity index (χ1n) is 8.84. The number of amides is 3. The van der Waals surface area contributed by atoms with E-state index in [1.165, 1.54) is 5.01 Å². The highest BCUT2D eigenvalue weighted by molar-refractivity contribution is 6.06. The molecule has 2 aromatic carbocycles. The van der Waals surface area contributed by atoms with E-state index in [0.29, 0.717) is 28.4 Å². The lowest BCUT2D eigenvalue weighted by atomic mass is 10.1. The monoisotopic (exact) mass is 391 g/mol. The van der Waals surface area contributed by atoms with Crippen LogP contribution in [0.25, 0.3) is 0 Å². The summed E-state index contributed by atoms with van der Waals surface area (Å²) < 4.78 is 5.79. The first-order valence-corrected chi connectivity index (χ1v) is 8.84. The van der Waals surface area contributed by atoms with E-state index in [1.807, 2.05) is 0 Å². The van der Waals surface area contributed by atoms with Crippen LogP contribution in [-0.2, 0) is 0 Å². The van der Waals surface area contributed by atoms with Crippen LogP contribution in [0.2, 0.25) is 0 Å². The van der Waals surface area contributed by atoms with Crippen molar-refractivity contribution in [3.63, 3.8) is 0 Å². The molecule has 0 atom stereocenters. The van der Waals surface area contributed by atoms with Crippen LogP contribution in [0.1, 0.15) is 10.4 Å². The van der Waals surface area contributed by atoms with Gasteiger partial charge in [0.25, 0.3) is 5.91 Å². The number of ether oxygens (including phenoxy) is 1. The van der Waals surface area contributed by atoms with Gasteiger partial charge in [0.1, 0.15) is 11.5 Å². The van der Waals surface area contributed by atoms with Crippen LogP contribution in [0, 0.1) is 0 Å². The highest BCUT2D eigenvalue weighted by atomic mass is 16.5. The zero-order valence-electron chi connectivity index (χ0n) is 16.0. The highest BCUT2D eigenvalue weighted by Gasteiger charge is 2.13. The number of carbonyl (C=O) groups excluding carboxylic acids is 2. The molecule has 3 rings (SSSR count). The van der Waals surface area contributed by atoms with Crippen molar-refractivity contribution >= 4 is 23.3 Å². The highest BCUT2D eigenvalue weighted by Crippen LogP contribution is 2.25. The van der Waals surface area contributed by atoms with Crippen LogP contribution in [-0.4, -0.2) is 36.0 Å². The minimum absolute atomic E-state index is 0.334. The molecule has 0 saturated carbocycles. The Morgan fingerprint density at radius 1 is 0.931 bits per heavy atom. The van der Waals surface area contributed by atoms with E-state index in [2.05, 4.69) is 21.0 Å². The second-order valence-electron chi connectivity index (χ2n) is 6.28. The summed E-state index contributed by atoms with van der Waals surface area (Å²) in [5.74, 6) is 0.614. The molecule has 0 radical (unpaired) electrons. The fraction of sp³-hybridized carbons (Fsp3) is 0.0952. The van der Waals surface area contributed by atoms with Gasteiger partial charge in [-0.05, 0) is 42.5 Å². The summed E-state index contributed by atoms with van der Waals surface area (Å²) in [4.78, 5) is 28.6. The molecule has 29 heavy (non-hydrogen) atoms. The van der Waals surface area contributed by atoms with Gasteiger partial charge in [-0.2, -0.15) is 0 Å². The fourth-order valence-electron chi connectivity index (χ4n) is 2.51. The van der Waals surface area contributed by atoms with Gasteiger partial charge in [0.05, 0.1) is 11.8 Å². The third kappa shape index (κ3) is 5.78. The van der Waals surface area contributed by atoms with Gasteiger partial charge in [-0.3, -0.25) is 15.2 Å². The molecule has 0 aliphatic heterocycles. The van der Waals surface area contributed by atoms with Gasteiger partial charge < -0.3 is 15.4 Å². The molecule has 0 spiro atoms. The fourth-order valence-corrected chi connectivity index (χ4v) is 2.51. The number of nitrogens with one attached hydrogen (secondary N) is 3. The van der Waals surface area contributed by atoms with E-state index in [-0.39, 0.29) is 11.9 Å². The van der Waals surface area contributed by atoms with Crippen LogP contribution in [0.5, 0.6) is 11.5 Å². The topological polar surface area (TPSA) is 95.6 Å². The maximum Gasteiger partial charge on any atom is 0.333 e. The number of benzene rings is 2. The molecule has 1 heterocycles. The van der Waals surface area contributed by atoms with E-state index in [4.69, 9.17) is 4.74 Å². The Balaban J connectivity index is 1.72. The molecule has 3 N–H and O–H groups in total. The Kier molecular flexibility index (Phi) is 6.39. The van der Waals surface area contributed by atoms with Crippen molar-refractivity contribution in [1.29, 1.82) is 0 Å². The zero-order valence-corrected chi connectivity index (χ0v) is 16.0. The Bertz CT molecular complexity index is 992. The second kappa shape index (κ2) is 9.34. The molecular weight excluding hydrogens is 370 g/mol. The van der Waals surface area contributed by atoms with Gasteiger partial charge in [-0.25, -0.2) is 9.80 Å². The minimum Gasteiger partial charge on any atom is -0.455 e. The number of pyridine rings is 1. The molecule has 0 aliphatic rings. The number of hydrazine groups is 1. The number of para-hydroxylation sites is 1. The quantitative estimate of drug-likeness (QED) is 0.557.